The molecular formula is C29H30BrClN2O5S. The molecule has 3 aliphatic rings. The number of aliphatic hydroxyl groups is 1. The Morgan fingerprint density at radius 3 is 2.62 bits per heavy atom. The minimum Gasteiger partial charge on any atom is -0.466 e. The highest BCUT2D eigenvalue weighted by molar-refractivity contribution is 9.09. The normalized spacial score (nSPS) is 29.7. The van der Waals surface area contributed by atoms with Crippen LogP contribution in [-0.4, -0.2) is 68.4 Å². The van der Waals surface area contributed by atoms with Crippen molar-refractivity contribution in [3.8, 4) is 0 Å². The monoisotopic (exact) mass is 632 g/mol. The maximum absolute atomic E-state index is 14.7. The number of alkyl halides is 1. The van der Waals surface area contributed by atoms with Gasteiger partial charge in [0.2, 0.25) is 5.91 Å². The minimum absolute atomic E-state index is 0.0892. The lowest BCUT2D eigenvalue weighted by atomic mass is 9.71. The molecule has 10 heteroatoms. The Balaban J connectivity index is 1.68. The summed E-state index contributed by atoms with van der Waals surface area (Å²) in [4.78, 5) is 45.4. The molecule has 2 aromatic rings. The van der Waals surface area contributed by atoms with Crippen LogP contribution < -0.4 is 4.90 Å². The molecule has 3 heterocycles. The van der Waals surface area contributed by atoms with Crippen LogP contribution in [-0.2, 0) is 19.1 Å². The van der Waals surface area contributed by atoms with E-state index in [9.17, 15) is 19.5 Å². The third-order valence-electron chi connectivity index (χ3n) is 7.93. The predicted octanol–water partition coefficient (Wildman–Crippen LogP) is 4.62. The number of halogens is 2. The Morgan fingerprint density at radius 2 is 1.97 bits per heavy atom. The zero-order valence-corrected chi connectivity index (χ0v) is 24.6. The van der Waals surface area contributed by atoms with E-state index in [1.165, 1.54) is 16.7 Å². The molecular weight excluding hydrogens is 604 g/mol. The first-order valence-electron chi connectivity index (χ1n) is 12.9. The summed E-state index contributed by atoms with van der Waals surface area (Å²) in [6, 6.07) is 14.5. The lowest BCUT2D eigenvalue weighted by Gasteiger charge is -2.40. The number of hydrogen-bond acceptors (Lipinski definition) is 6. The number of carbonyl (C=O) groups excluding carboxylic acids is 3. The molecule has 0 saturated carbocycles. The molecule has 0 aromatic heterocycles. The number of esters is 1. The fraction of sp³-hybridized carbons (Fsp3) is 0.414. The van der Waals surface area contributed by atoms with Crippen molar-refractivity contribution in [3.05, 3.63) is 77.8 Å². The molecule has 39 heavy (non-hydrogen) atoms. The molecule has 3 unspecified atom stereocenters. The van der Waals surface area contributed by atoms with Crippen molar-refractivity contribution in [3.63, 3.8) is 0 Å². The van der Waals surface area contributed by atoms with E-state index in [2.05, 4.69) is 22.5 Å². The molecule has 0 radical (unpaired) electrons. The van der Waals surface area contributed by atoms with Crippen molar-refractivity contribution < 1.29 is 24.2 Å². The summed E-state index contributed by atoms with van der Waals surface area (Å²) in [5.74, 6) is -2.54. The third-order valence-corrected chi connectivity index (χ3v) is 11.5. The number of rotatable bonds is 9. The molecule has 2 bridgehead atoms. The quantitative estimate of drug-likeness (QED) is 0.247. The zero-order chi connectivity index (χ0) is 27.9. The number of anilines is 1. The standard InChI is InChI=1S/C29H30BrClN2O5S/c1-3-14-32(20-13-9-8-12-19(20)31)27(36)25-29-15-18(30)24(39-29)22(28(37)38-4-2)23(29)26(35)33(25)21(16-34)17-10-6-5-7-11-17/h3,5-13,18,21-25,34H,1,4,14-16H2,2H3/t18?,21-,22-,23+,24-,25?,29?/m1/s1. The second-order valence-corrected chi connectivity index (χ2v) is 13.1. The van der Waals surface area contributed by atoms with Crippen LogP contribution in [0.3, 0.4) is 0 Å². The molecule has 7 atom stereocenters. The van der Waals surface area contributed by atoms with Gasteiger partial charge in [-0.15, -0.1) is 18.3 Å². The van der Waals surface area contributed by atoms with E-state index in [-0.39, 0.29) is 41.6 Å². The van der Waals surface area contributed by atoms with Crippen LogP contribution in [0.15, 0.2) is 67.3 Å². The number of benzene rings is 2. The fourth-order valence-electron chi connectivity index (χ4n) is 6.47. The van der Waals surface area contributed by atoms with Crippen molar-refractivity contribution >= 4 is 62.8 Å². The van der Waals surface area contributed by atoms with Crippen LogP contribution in [0.4, 0.5) is 5.69 Å². The molecule has 3 aliphatic heterocycles. The first kappa shape index (κ1) is 28.2. The first-order chi connectivity index (χ1) is 18.8. The minimum atomic E-state index is -0.960. The number of nitrogens with zero attached hydrogens (tertiary/aromatic N) is 2. The maximum atomic E-state index is 14.7. The topological polar surface area (TPSA) is 87.2 Å². The molecule has 2 aromatic carbocycles. The van der Waals surface area contributed by atoms with Gasteiger partial charge in [0, 0.05) is 16.6 Å². The summed E-state index contributed by atoms with van der Waals surface area (Å²) in [5, 5.41) is 10.8. The number of likely N-dealkylation sites (tertiary alicyclic amines) is 1. The van der Waals surface area contributed by atoms with E-state index >= 15 is 0 Å². The van der Waals surface area contributed by atoms with E-state index in [1.54, 1.807) is 42.2 Å². The summed E-state index contributed by atoms with van der Waals surface area (Å²) in [6.07, 6.45) is 2.13. The van der Waals surface area contributed by atoms with Crippen molar-refractivity contribution in [1.29, 1.82) is 0 Å². The lowest BCUT2D eigenvalue weighted by Crippen LogP contribution is -2.56. The number of carbonyl (C=O) groups is 3. The van der Waals surface area contributed by atoms with Crippen molar-refractivity contribution in [1.82, 2.24) is 4.90 Å². The number of fused-ring (bicyclic) bond motifs is 1. The fourth-order valence-corrected chi connectivity index (χ4v) is 10.3. The molecule has 3 saturated heterocycles. The number of thioether (sulfide) groups is 1. The highest BCUT2D eigenvalue weighted by Crippen LogP contribution is 2.68. The van der Waals surface area contributed by atoms with Crippen LogP contribution in [0.2, 0.25) is 5.02 Å². The van der Waals surface area contributed by atoms with Crippen LogP contribution >= 0.6 is 39.3 Å². The van der Waals surface area contributed by atoms with Gasteiger partial charge in [-0.3, -0.25) is 14.4 Å². The average molecular weight is 634 g/mol. The number of aliphatic hydroxyl groups excluding tert-OH is 1. The van der Waals surface area contributed by atoms with Gasteiger partial charge in [0.1, 0.15) is 6.04 Å². The molecule has 3 fully saturated rings. The Labute approximate surface area is 245 Å². The van der Waals surface area contributed by atoms with Crippen LogP contribution in [0.5, 0.6) is 0 Å². The predicted molar refractivity (Wildman–Crippen MR) is 156 cm³/mol. The van der Waals surface area contributed by atoms with Gasteiger partial charge in [-0.2, -0.15) is 0 Å². The molecule has 206 valence electrons. The van der Waals surface area contributed by atoms with Crippen LogP contribution in [0.1, 0.15) is 24.9 Å². The van der Waals surface area contributed by atoms with Gasteiger partial charge >= 0.3 is 5.97 Å². The van der Waals surface area contributed by atoms with Gasteiger partial charge < -0.3 is 19.6 Å². The number of amides is 2. The van der Waals surface area contributed by atoms with E-state index in [4.69, 9.17) is 16.3 Å². The Hall–Kier alpha value is -2.33. The van der Waals surface area contributed by atoms with Gasteiger partial charge in [0.25, 0.3) is 5.91 Å². The number of para-hydroxylation sites is 1. The molecule has 2 amide bonds. The number of hydrogen-bond donors (Lipinski definition) is 1. The van der Waals surface area contributed by atoms with Crippen LogP contribution in [0.25, 0.3) is 0 Å². The van der Waals surface area contributed by atoms with Crippen molar-refractivity contribution in [2.75, 3.05) is 24.7 Å². The average Bonchev–Trinajstić information content (AvgIpc) is 3.52. The molecule has 1 N–H and O–H groups in total. The zero-order valence-electron chi connectivity index (χ0n) is 21.4. The molecule has 0 aliphatic carbocycles. The second-order valence-electron chi connectivity index (χ2n) is 9.96. The largest absolute Gasteiger partial charge is 0.466 e. The molecule has 7 nitrogen and oxygen atoms in total. The highest BCUT2D eigenvalue weighted by atomic mass is 79.9. The Morgan fingerprint density at radius 1 is 1.28 bits per heavy atom. The van der Waals surface area contributed by atoms with E-state index in [0.29, 0.717) is 22.7 Å². The molecule has 1 spiro atoms. The van der Waals surface area contributed by atoms with Gasteiger partial charge in [0.05, 0.1) is 46.5 Å². The third kappa shape index (κ3) is 4.51. The van der Waals surface area contributed by atoms with E-state index in [0.717, 1.165) is 0 Å². The SMILES string of the molecule is C=CCN(C(=O)C1N([C@H](CO)c2ccccc2)C(=O)[C@@H]2[C@@H](C(=O)OCC)[C@@H]3SC12CC3Br)c1ccccc1Cl. The smallest absolute Gasteiger partial charge is 0.310 e. The van der Waals surface area contributed by atoms with Crippen molar-refractivity contribution in [2.24, 2.45) is 11.8 Å². The first-order valence-corrected chi connectivity index (χ1v) is 15.1. The van der Waals surface area contributed by atoms with Crippen molar-refractivity contribution in [2.45, 2.75) is 40.3 Å². The maximum Gasteiger partial charge on any atom is 0.310 e. The Bertz CT molecular complexity index is 1280. The summed E-state index contributed by atoms with van der Waals surface area (Å²) in [7, 11) is 0. The van der Waals surface area contributed by atoms with Gasteiger partial charge in [-0.25, -0.2) is 0 Å². The van der Waals surface area contributed by atoms with E-state index < -0.39 is 34.6 Å². The lowest BCUT2D eigenvalue weighted by molar-refractivity contribution is -0.154. The van der Waals surface area contributed by atoms with Gasteiger partial charge in [0.15, 0.2) is 0 Å². The highest BCUT2D eigenvalue weighted by Gasteiger charge is 2.76. The van der Waals surface area contributed by atoms with E-state index in [1.807, 2.05) is 30.3 Å². The summed E-state index contributed by atoms with van der Waals surface area (Å²) in [6.45, 7) is 5.57. The summed E-state index contributed by atoms with van der Waals surface area (Å²) in [5.41, 5.74) is 1.21. The van der Waals surface area contributed by atoms with Gasteiger partial charge in [-0.05, 0) is 31.0 Å². The van der Waals surface area contributed by atoms with Gasteiger partial charge in [-0.1, -0.05) is 76.1 Å². The molecule has 5 rings (SSSR count). The Kier molecular flexibility index (Phi) is 8.15. The summed E-state index contributed by atoms with van der Waals surface area (Å²) < 4.78 is 4.54. The number of ether oxygens (including phenoxy) is 1. The second kappa shape index (κ2) is 11.3. The van der Waals surface area contributed by atoms with Crippen LogP contribution in [0, 0.1) is 11.8 Å². The summed E-state index contributed by atoms with van der Waals surface area (Å²) >= 11 is 11.8.